The number of nitrogens with zero attached hydrogens (tertiary/aromatic N) is 4. The third-order valence-electron chi connectivity index (χ3n) is 12.2. The minimum absolute atomic E-state index is 0.122. The minimum Gasteiger partial charge on any atom is -0.323 e. The lowest BCUT2D eigenvalue weighted by Crippen LogP contribution is -2.69. The SMILES string of the molecule is CC1(C)CC2(CC(C)(C)N1Cc1ccccc1)NC(=O)N(CCCCCCN1C(=O)NC3(CC(C)(C)N(Cc4ccccc4)C(C)(C)C3)C1=O)C2=O. The molecule has 4 fully saturated rings. The summed E-state index contributed by atoms with van der Waals surface area (Å²) in [6, 6.07) is 20.2. The number of likely N-dealkylation sites (tertiary alicyclic amines) is 2. The molecule has 2 aromatic rings. The number of urea groups is 2. The first-order chi connectivity index (χ1) is 24.3. The lowest BCUT2D eigenvalue weighted by molar-refractivity contribution is -0.142. The molecule has 0 saturated carbocycles. The van der Waals surface area contributed by atoms with Gasteiger partial charge in [-0.15, -0.1) is 0 Å². The predicted octanol–water partition coefficient (Wildman–Crippen LogP) is 6.83. The van der Waals surface area contributed by atoms with Crippen LogP contribution in [0.25, 0.3) is 0 Å². The standard InChI is InChI=1S/C42H60N6O4/c1-37(2)27-41(28-38(3,4)47(37)25-31-19-13-11-14-20-31)33(49)45(35(51)43-41)23-17-9-10-18-24-46-34(50)42(44-36(46)52)29-39(5,6)48(40(7,8)30-42)26-32-21-15-12-16-22-32/h11-16,19-22H,9-10,17-18,23-30H2,1-8H3,(H,43,51)(H,44,52). The van der Waals surface area contributed by atoms with Crippen molar-refractivity contribution in [2.75, 3.05) is 13.1 Å². The van der Waals surface area contributed by atoms with Crippen molar-refractivity contribution in [2.24, 2.45) is 0 Å². The first kappa shape index (κ1) is 38.0. The summed E-state index contributed by atoms with van der Waals surface area (Å²) in [6.07, 6.45) is 5.10. The van der Waals surface area contributed by atoms with E-state index in [2.05, 4.69) is 124 Å². The fraction of sp³-hybridized carbons (Fsp3) is 0.619. The van der Waals surface area contributed by atoms with E-state index in [9.17, 15) is 19.2 Å². The second-order valence-corrected chi connectivity index (χ2v) is 18.5. The highest BCUT2D eigenvalue weighted by Crippen LogP contribution is 2.48. The van der Waals surface area contributed by atoms with Crippen LogP contribution in [0.15, 0.2) is 60.7 Å². The summed E-state index contributed by atoms with van der Waals surface area (Å²) in [7, 11) is 0. The van der Waals surface area contributed by atoms with Gasteiger partial charge in [0.2, 0.25) is 0 Å². The van der Waals surface area contributed by atoms with Gasteiger partial charge in [0, 0.05) is 48.3 Å². The van der Waals surface area contributed by atoms with Crippen LogP contribution >= 0.6 is 0 Å². The zero-order valence-corrected chi connectivity index (χ0v) is 32.7. The molecule has 0 atom stereocenters. The highest BCUT2D eigenvalue weighted by Gasteiger charge is 2.62. The van der Waals surface area contributed by atoms with Crippen molar-refractivity contribution in [1.82, 2.24) is 30.2 Å². The lowest BCUT2D eigenvalue weighted by Gasteiger charge is -2.57. The average Bonchev–Trinajstić information content (AvgIpc) is 3.40. The van der Waals surface area contributed by atoms with Crippen molar-refractivity contribution in [3.63, 3.8) is 0 Å². The molecule has 52 heavy (non-hydrogen) atoms. The molecule has 4 saturated heterocycles. The first-order valence-corrected chi connectivity index (χ1v) is 19.2. The van der Waals surface area contributed by atoms with Gasteiger partial charge in [-0.2, -0.15) is 0 Å². The normalized spacial score (nSPS) is 24.5. The van der Waals surface area contributed by atoms with E-state index in [-0.39, 0.29) is 46.0 Å². The number of hydrogen-bond donors (Lipinski definition) is 2. The summed E-state index contributed by atoms with van der Waals surface area (Å²) >= 11 is 0. The van der Waals surface area contributed by atoms with Gasteiger partial charge in [-0.05, 0) is 105 Å². The lowest BCUT2D eigenvalue weighted by atomic mass is 9.68. The quantitative estimate of drug-likeness (QED) is 0.196. The zero-order chi connectivity index (χ0) is 37.7. The predicted molar refractivity (Wildman–Crippen MR) is 203 cm³/mol. The number of unbranched alkanes of at least 4 members (excludes halogenated alkanes) is 3. The Kier molecular flexibility index (Phi) is 9.92. The summed E-state index contributed by atoms with van der Waals surface area (Å²) in [4.78, 5) is 62.2. The molecule has 4 aliphatic rings. The molecule has 282 valence electrons. The largest absolute Gasteiger partial charge is 0.325 e. The molecule has 0 aromatic heterocycles. The van der Waals surface area contributed by atoms with Gasteiger partial charge in [0.05, 0.1) is 0 Å². The Morgan fingerprint density at radius 3 is 1.10 bits per heavy atom. The maximum atomic E-state index is 14.0. The maximum Gasteiger partial charge on any atom is 0.325 e. The number of carbonyl (C=O) groups excluding carboxylic acids is 4. The summed E-state index contributed by atoms with van der Waals surface area (Å²) in [5.74, 6) is -0.244. The van der Waals surface area contributed by atoms with E-state index in [1.165, 1.54) is 20.9 Å². The molecule has 0 radical (unpaired) electrons. The van der Waals surface area contributed by atoms with Crippen LogP contribution in [0.2, 0.25) is 0 Å². The van der Waals surface area contributed by atoms with Gasteiger partial charge in [0.25, 0.3) is 11.8 Å². The molecule has 0 unspecified atom stereocenters. The van der Waals surface area contributed by atoms with Crippen molar-refractivity contribution < 1.29 is 19.2 Å². The van der Waals surface area contributed by atoms with Crippen molar-refractivity contribution in [2.45, 2.75) is 153 Å². The van der Waals surface area contributed by atoms with Gasteiger partial charge in [-0.1, -0.05) is 73.5 Å². The number of nitrogens with one attached hydrogen (secondary N) is 2. The smallest absolute Gasteiger partial charge is 0.323 e. The number of amides is 6. The summed E-state index contributed by atoms with van der Waals surface area (Å²) in [5.41, 5.74) is -0.666. The fourth-order valence-electron chi connectivity index (χ4n) is 10.6. The molecule has 0 aliphatic carbocycles. The molecular formula is C42H60N6O4. The van der Waals surface area contributed by atoms with Gasteiger partial charge in [0.15, 0.2) is 0 Å². The van der Waals surface area contributed by atoms with Crippen molar-refractivity contribution in [1.29, 1.82) is 0 Å². The van der Waals surface area contributed by atoms with Crippen molar-refractivity contribution >= 4 is 23.9 Å². The van der Waals surface area contributed by atoms with E-state index in [0.29, 0.717) is 51.6 Å². The number of piperidine rings is 2. The van der Waals surface area contributed by atoms with Crippen molar-refractivity contribution in [3.05, 3.63) is 71.8 Å². The van der Waals surface area contributed by atoms with E-state index < -0.39 is 11.1 Å². The maximum absolute atomic E-state index is 14.0. The van der Waals surface area contributed by atoms with E-state index in [4.69, 9.17) is 0 Å². The highest BCUT2D eigenvalue weighted by atomic mass is 16.2. The average molecular weight is 713 g/mol. The molecule has 10 nitrogen and oxygen atoms in total. The molecule has 2 N–H and O–H groups in total. The number of carbonyl (C=O) groups is 4. The van der Waals surface area contributed by atoms with E-state index in [0.717, 1.165) is 25.9 Å². The molecule has 0 bridgehead atoms. The van der Waals surface area contributed by atoms with Crippen molar-refractivity contribution in [3.8, 4) is 0 Å². The first-order valence-electron chi connectivity index (χ1n) is 19.2. The molecule has 2 aromatic carbocycles. The van der Waals surface area contributed by atoms with E-state index >= 15 is 0 Å². The fourth-order valence-corrected chi connectivity index (χ4v) is 10.6. The van der Waals surface area contributed by atoms with Crippen LogP contribution in [-0.4, -0.2) is 89.8 Å². The second kappa shape index (κ2) is 13.6. The van der Waals surface area contributed by atoms with E-state index in [1.807, 2.05) is 12.1 Å². The Hall–Kier alpha value is -3.76. The van der Waals surface area contributed by atoms with Crippen LogP contribution in [-0.2, 0) is 22.7 Å². The topological polar surface area (TPSA) is 105 Å². The zero-order valence-electron chi connectivity index (χ0n) is 32.7. The number of rotatable bonds is 11. The Morgan fingerprint density at radius 1 is 0.481 bits per heavy atom. The van der Waals surface area contributed by atoms with Crippen LogP contribution in [0, 0.1) is 0 Å². The number of imide groups is 2. The third-order valence-corrected chi connectivity index (χ3v) is 12.2. The van der Waals surface area contributed by atoms with Gasteiger partial charge < -0.3 is 10.6 Å². The molecule has 4 heterocycles. The highest BCUT2D eigenvalue weighted by molar-refractivity contribution is 6.08. The monoisotopic (exact) mass is 712 g/mol. The Balaban J connectivity index is 0.998. The van der Waals surface area contributed by atoms with E-state index in [1.54, 1.807) is 0 Å². The van der Waals surface area contributed by atoms with Gasteiger partial charge in [-0.3, -0.25) is 29.2 Å². The van der Waals surface area contributed by atoms with Crippen LogP contribution < -0.4 is 10.6 Å². The molecule has 4 aliphatic heterocycles. The van der Waals surface area contributed by atoms with Gasteiger partial charge >= 0.3 is 12.1 Å². The summed E-state index contributed by atoms with van der Waals surface area (Å²) in [5, 5.41) is 6.27. The number of hydrogen-bond acceptors (Lipinski definition) is 6. The molecule has 10 heteroatoms. The Bertz CT molecular complexity index is 1510. The Morgan fingerprint density at radius 2 is 0.788 bits per heavy atom. The molecule has 6 rings (SSSR count). The van der Waals surface area contributed by atoms with Crippen LogP contribution in [0.3, 0.4) is 0 Å². The van der Waals surface area contributed by atoms with Crippen LogP contribution in [0.1, 0.15) is 118 Å². The minimum atomic E-state index is -0.919. The third kappa shape index (κ3) is 7.13. The summed E-state index contributed by atoms with van der Waals surface area (Å²) < 4.78 is 0. The molecular weight excluding hydrogens is 653 g/mol. The second-order valence-electron chi connectivity index (χ2n) is 18.5. The van der Waals surface area contributed by atoms with Gasteiger partial charge in [0.1, 0.15) is 11.1 Å². The summed E-state index contributed by atoms with van der Waals surface area (Å²) in [6.45, 7) is 19.6. The number of benzene rings is 2. The van der Waals surface area contributed by atoms with Gasteiger partial charge in [-0.25, -0.2) is 9.59 Å². The van der Waals surface area contributed by atoms with Crippen LogP contribution in [0.4, 0.5) is 9.59 Å². The molecule has 2 spiro atoms. The molecule has 6 amide bonds. The Labute approximate surface area is 310 Å². The van der Waals surface area contributed by atoms with Crippen LogP contribution in [0.5, 0.6) is 0 Å².